The summed E-state index contributed by atoms with van der Waals surface area (Å²) in [7, 11) is 0. The van der Waals surface area contributed by atoms with Crippen molar-refractivity contribution in [2.45, 2.75) is 12.8 Å². The van der Waals surface area contributed by atoms with Crippen LogP contribution in [0.15, 0.2) is 0 Å². The van der Waals surface area contributed by atoms with Crippen molar-refractivity contribution in [1.82, 2.24) is 0 Å². The first-order valence-corrected chi connectivity index (χ1v) is 2.65. The van der Waals surface area contributed by atoms with Gasteiger partial charge in [0.25, 0.3) is 0 Å². The fourth-order valence-corrected chi connectivity index (χ4v) is 0.656. The Bertz CT molecular complexity index is 122. The van der Waals surface area contributed by atoms with E-state index in [0.717, 1.165) is 12.8 Å². The van der Waals surface area contributed by atoms with E-state index >= 15 is 0 Å². The maximum Gasteiger partial charge on any atom is 0.310 e. The molecule has 0 saturated heterocycles. The fourth-order valence-electron chi connectivity index (χ4n) is 0.656. The van der Waals surface area contributed by atoms with Crippen LogP contribution in [0.1, 0.15) is 12.8 Å². The van der Waals surface area contributed by atoms with Crippen LogP contribution in [0, 0.1) is 5.41 Å². The molecule has 3 N–H and O–H groups in total. The van der Waals surface area contributed by atoms with Crippen LogP contribution in [0.4, 0.5) is 0 Å². The van der Waals surface area contributed by atoms with Crippen LogP contribution >= 0.6 is 12.4 Å². The lowest BCUT2D eigenvalue weighted by Crippen LogP contribution is -2.24. The van der Waals surface area contributed by atoms with Crippen molar-refractivity contribution < 1.29 is 9.90 Å². The second-order valence-electron chi connectivity index (χ2n) is 2.29. The van der Waals surface area contributed by atoms with Gasteiger partial charge in [0, 0.05) is 6.54 Å². The zero-order valence-corrected chi connectivity index (χ0v) is 5.78. The van der Waals surface area contributed by atoms with Gasteiger partial charge in [0.05, 0.1) is 5.41 Å². The van der Waals surface area contributed by atoms with Gasteiger partial charge in [-0.25, -0.2) is 0 Å². The Labute approximate surface area is 59.6 Å². The van der Waals surface area contributed by atoms with Crippen LogP contribution < -0.4 is 5.73 Å². The van der Waals surface area contributed by atoms with Crippen molar-refractivity contribution in [3.63, 3.8) is 0 Å². The summed E-state index contributed by atoms with van der Waals surface area (Å²) in [5, 5.41) is 8.42. The van der Waals surface area contributed by atoms with E-state index in [2.05, 4.69) is 0 Å². The summed E-state index contributed by atoms with van der Waals surface area (Å²) in [5.41, 5.74) is 4.68. The maximum absolute atomic E-state index is 10.2. The fraction of sp³-hybridized carbons (Fsp3) is 0.800. The van der Waals surface area contributed by atoms with Gasteiger partial charge in [0.1, 0.15) is 0 Å². The SMILES string of the molecule is Cl.NCC1(C(=O)O)CC1. The van der Waals surface area contributed by atoms with Gasteiger partial charge in [0.2, 0.25) is 0 Å². The number of carboxylic acid groups (broad SMARTS) is 1. The predicted molar refractivity (Wildman–Crippen MR) is 35.6 cm³/mol. The molecule has 9 heavy (non-hydrogen) atoms. The topological polar surface area (TPSA) is 63.3 Å². The number of carboxylic acids is 1. The third kappa shape index (κ3) is 1.34. The molecule has 0 radical (unpaired) electrons. The average molecular weight is 152 g/mol. The molecule has 1 saturated carbocycles. The third-order valence-corrected chi connectivity index (χ3v) is 1.70. The normalized spacial score (nSPS) is 20.1. The Balaban J connectivity index is 0.000000640. The molecule has 1 aliphatic carbocycles. The molecule has 1 fully saturated rings. The summed E-state index contributed by atoms with van der Waals surface area (Å²) in [6, 6.07) is 0. The van der Waals surface area contributed by atoms with Crippen molar-refractivity contribution in [1.29, 1.82) is 0 Å². The summed E-state index contributed by atoms with van der Waals surface area (Å²) >= 11 is 0. The highest BCUT2D eigenvalue weighted by Crippen LogP contribution is 2.44. The molecule has 0 bridgehead atoms. The Hall–Kier alpha value is -0.280. The van der Waals surface area contributed by atoms with Crippen LogP contribution in [-0.4, -0.2) is 17.6 Å². The quantitative estimate of drug-likeness (QED) is 0.594. The lowest BCUT2D eigenvalue weighted by Gasteiger charge is -2.01. The molecular weight excluding hydrogens is 142 g/mol. The highest BCUT2D eigenvalue weighted by molar-refractivity contribution is 5.85. The van der Waals surface area contributed by atoms with Crippen molar-refractivity contribution in [3.05, 3.63) is 0 Å². The van der Waals surface area contributed by atoms with Crippen molar-refractivity contribution in [2.24, 2.45) is 11.1 Å². The van der Waals surface area contributed by atoms with E-state index in [9.17, 15) is 4.79 Å². The van der Waals surface area contributed by atoms with Gasteiger partial charge in [-0.1, -0.05) is 0 Å². The zero-order valence-electron chi connectivity index (χ0n) is 4.96. The average Bonchev–Trinajstić information content (AvgIpc) is 2.44. The minimum atomic E-state index is -0.736. The minimum Gasteiger partial charge on any atom is -0.481 e. The Morgan fingerprint density at radius 2 is 2.11 bits per heavy atom. The van der Waals surface area contributed by atoms with Gasteiger partial charge in [-0.3, -0.25) is 4.79 Å². The molecule has 0 unspecified atom stereocenters. The molecule has 0 amide bonds. The Morgan fingerprint density at radius 1 is 1.67 bits per heavy atom. The van der Waals surface area contributed by atoms with E-state index in [4.69, 9.17) is 10.8 Å². The lowest BCUT2D eigenvalue weighted by molar-refractivity contribution is -0.142. The molecule has 0 atom stereocenters. The van der Waals surface area contributed by atoms with Crippen LogP contribution in [0.2, 0.25) is 0 Å². The van der Waals surface area contributed by atoms with E-state index < -0.39 is 11.4 Å². The molecule has 0 aromatic heterocycles. The number of carbonyl (C=O) groups is 1. The van der Waals surface area contributed by atoms with Crippen LogP contribution in [0.3, 0.4) is 0 Å². The van der Waals surface area contributed by atoms with Gasteiger partial charge < -0.3 is 10.8 Å². The largest absolute Gasteiger partial charge is 0.481 e. The first-order chi connectivity index (χ1) is 3.71. The molecule has 1 aliphatic rings. The monoisotopic (exact) mass is 151 g/mol. The van der Waals surface area contributed by atoms with Crippen molar-refractivity contribution in [3.8, 4) is 0 Å². The Morgan fingerprint density at radius 3 is 2.11 bits per heavy atom. The van der Waals surface area contributed by atoms with Crippen LogP contribution in [0.5, 0.6) is 0 Å². The molecule has 3 nitrogen and oxygen atoms in total. The molecule has 0 spiro atoms. The van der Waals surface area contributed by atoms with E-state index in [1.165, 1.54) is 0 Å². The molecule has 0 heterocycles. The molecule has 0 aromatic carbocycles. The van der Waals surface area contributed by atoms with E-state index in [0.29, 0.717) is 6.54 Å². The number of aliphatic carboxylic acids is 1. The van der Waals surface area contributed by atoms with E-state index in [-0.39, 0.29) is 12.4 Å². The summed E-state index contributed by atoms with van der Waals surface area (Å²) in [4.78, 5) is 10.2. The second-order valence-corrected chi connectivity index (χ2v) is 2.29. The summed E-state index contributed by atoms with van der Waals surface area (Å²) < 4.78 is 0. The number of hydrogen-bond acceptors (Lipinski definition) is 2. The predicted octanol–water partition coefficient (Wildman–Crippen LogP) is 0.232. The van der Waals surface area contributed by atoms with E-state index in [1.54, 1.807) is 0 Å². The van der Waals surface area contributed by atoms with Gasteiger partial charge >= 0.3 is 5.97 Å². The highest BCUT2D eigenvalue weighted by atomic mass is 35.5. The summed E-state index contributed by atoms with van der Waals surface area (Å²) in [6.07, 6.45) is 1.53. The third-order valence-electron chi connectivity index (χ3n) is 1.70. The Kier molecular flexibility index (Phi) is 2.46. The smallest absolute Gasteiger partial charge is 0.310 e. The number of rotatable bonds is 2. The standard InChI is InChI=1S/C5H9NO2.ClH/c6-3-5(1-2-5)4(7)8;/h1-3,6H2,(H,7,8);1H. The molecular formula is C5H10ClNO2. The van der Waals surface area contributed by atoms with Gasteiger partial charge in [0.15, 0.2) is 0 Å². The highest BCUT2D eigenvalue weighted by Gasteiger charge is 2.48. The van der Waals surface area contributed by atoms with Gasteiger partial charge in [-0.2, -0.15) is 0 Å². The molecule has 4 heteroatoms. The van der Waals surface area contributed by atoms with Gasteiger partial charge in [-0.15, -0.1) is 12.4 Å². The first kappa shape index (κ1) is 8.72. The van der Waals surface area contributed by atoms with Gasteiger partial charge in [-0.05, 0) is 12.8 Å². The van der Waals surface area contributed by atoms with Crippen LogP contribution in [-0.2, 0) is 4.79 Å². The van der Waals surface area contributed by atoms with E-state index in [1.807, 2.05) is 0 Å². The molecule has 1 rings (SSSR count). The maximum atomic E-state index is 10.2. The first-order valence-electron chi connectivity index (χ1n) is 2.65. The van der Waals surface area contributed by atoms with Crippen molar-refractivity contribution in [2.75, 3.05) is 6.54 Å². The second kappa shape index (κ2) is 2.54. The summed E-state index contributed by atoms with van der Waals surface area (Å²) in [5.74, 6) is -0.736. The summed E-state index contributed by atoms with van der Waals surface area (Å²) in [6.45, 7) is 0.294. The van der Waals surface area contributed by atoms with Crippen molar-refractivity contribution >= 4 is 18.4 Å². The molecule has 54 valence electrons. The number of nitrogens with two attached hydrogens (primary N) is 1. The number of hydrogen-bond donors (Lipinski definition) is 2. The minimum absolute atomic E-state index is 0. The number of halogens is 1. The molecule has 0 aliphatic heterocycles. The molecule has 0 aromatic rings. The lowest BCUT2D eigenvalue weighted by atomic mass is 10.1. The van der Waals surface area contributed by atoms with Crippen LogP contribution in [0.25, 0.3) is 0 Å². The zero-order chi connectivity index (χ0) is 6.20.